The van der Waals surface area contributed by atoms with Crippen molar-refractivity contribution in [1.82, 2.24) is 0 Å². The molecule has 0 amide bonds. The number of ether oxygens (including phenoxy) is 1. The first kappa shape index (κ1) is 11.2. The predicted octanol–water partition coefficient (Wildman–Crippen LogP) is 1.12. The van der Waals surface area contributed by atoms with Gasteiger partial charge in [0.25, 0.3) is 0 Å². The Morgan fingerprint density at radius 2 is 2.31 bits per heavy atom. The van der Waals surface area contributed by atoms with Gasteiger partial charge in [0.05, 0.1) is 14.7 Å². The number of aliphatic hydroxyl groups is 1. The van der Waals surface area contributed by atoms with Crippen molar-refractivity contribution >= 4 is 9.52 Å². The second-order valence-electron chi connectivity index (χ2n) is 4.33. The first-order valence-corrected chi connectivity index (χ1v) is 7.59. The van der Waals surface area contributed by atoms with Gasteiger partial charge in [0.15, 0.2) is 0 Å². The molecule has 0 radical (unpaired) electrons. The van der Waals surface area contributed by atoms with Crippen LogP contribution in [0.15, 0.2) is 0 Å². The summed E-state index contributed by atoms with van der Waals surface area (Å²) in [6.45, 7) is 5.69. The summed E-state index contributed by atoms with van der Waals surface area (Å²) in [5, 5.41) is 9.26. The molecule has 1 fully saturated rings. The average Bonchev–Trinajstić information content (AvgIpc) is 2.19. The minimum Gasteiger partial charge on any atom is -0.396 e. The van der Waals surface area contributed by atoms with Crippen molar-refractivity contribution < 1.29 is 9.84 Å². The molecular formula is C10H22O2Si. The van der Waals surface area contributed by atoms with Crippen molar-refractivity contribution in [3.05, 3.63) is 0 Å². The molecule has 0 aromatic rings. The molecule has 78 valence electrons. The van der Waals surface area contributed by atoms with Crippen LogP contribution in [-0.2, 0) is 4.74 Å². The molecule has 2 nitrogen and oxygen atoms in total. The van der Waals surface area contributed by atoms with E-state index in [9.17, 15) is 0 Å². The molecule has 1 heterocycles. The molecule has 0 aliphatic carbocycles. The maximum absolute atomic E-state index is 9.04. The van der Waals surface area contributed by atoms with Gasteiger partial charge in [0, 0.05) is 13.2 Å². The summed E-state index contributed by atoms with van der Waals surface area (Å²) in [6.07, 6.45) is 4.86. The summed E-state index contributed by atoms with van der Waals surface area (Å²) in [5.74, 6) is 0.408. The van der Waals surface area contributed by atoms with Gasteiger partial charge in [0.2, 0.25) is 0 Å². The average molecular weight is 202 g/mol. The third kappa shape index (κ3) is 3.08. The molecule has 0 spiro atoms. The second-order valence-corrected chi connectivity index (χ2v) is 6.33. The summed E-state index contributed by atoms with van der Waals surface area (Å²) in [7, 11) is -0.124. The molecular weight excluding hydrogens is 180 g/mol. The smallest absolute Gasteiger partial charge is 0.0564 e. The van der Waals surface area contributed by atoms with E-state index in [0.717, 1.165) is 13.0 Å². The van der Waals surface area contributed by atoms with Crippen molar-refractivity contribution in [2.75, 3.05) is 13.2 Å². The van der Waals surface area contributed by atoms with Crippen LogP contribution in [-0.4, -0.2) is 33.1 Å². The van der Waals surface area contributed by atoms with Gasteiger partial charge in [-0.1, -0.05) is 13.5 Å². The normalized spacial score (nSPS) is 32.5. The summed E-state index contributed by atoms with van der Waals surface area (Å²) >= 11 is 0. The molecule has 1 aliphatic rings. The minimum absolute atomic E-state index is 0.124. The molecule has 1 N–H and O–H groups in total. The van der Waals surface area contributed by atoms with Crippen LogP contribution in [0, 0.1) is 5.92 Å². The lowest BCUT2D eigenvalue weighted by molar-refractivity contribution is -0.0371. The minimum atomic E-state index is -0.124. The van der Waals surface area contributed by atoms with E-state index in [2.05, 4.69) is 13.5 Å². The van der Waals surface area contributed by atoms with Crippen molar-refractivity contribution in [3.8, 4) is 0 Å². The van der Waals surface area contributed by atoms with Crippen LogP contribution in [0.4, 0.5) is 0 Å². The van der Waals surface area contributed by atoms with Crippen LogP contribution in [0.3, 0.4) is 0 Å². The van der Waals surface area contributed by atoms with Crippen LogP contribution in [0.5, 0.6) is 0 Å². The highest BCUT2D eigenvalue weighted by atomic mass is 28.2. The Bertz CT molecular complexity index is 144. The quantitative estimate of drug-likeness (QED) is 0.692. The molecule has 2 atom stereocenters. The molecule has 0 aromatic carbocycles. The van der Waals surface area contributed by atoms with Gasteiger partial charge in [-0.15, -0.1) is 0 Å². The summed E-state index contributed by atoms with van der Waals surface area (Å²) in [4.78, 5) is 0. The maximum Gasteiger partial charge on any atom is 0.0564 e. The Hall–Kier alpha value is 0.137. The fraction of sp³-hybridized carbons (Fsp3) is 1.00. The molecule has 0 bridgehead atoms. The van der Waals surface area contributed by atoms with Gasteiger partial charge in [-0.2, -0.15) is 0 Å². The van der Waals surface area contributed by atoms with E-state index < -0.39 is 0 Å². The maximum atomic E-state index is 9.04. The van der Waals surface area contributed by atoms with Crippen LogP contribution in [0.25, 0.3) is 0 Å². The Balaban J connectivity index is 2.47. The molecule has 3 heteroatoms. The van der Waals surface area contributed by atoms with Crippen molar-refractivity contribution in [2.45, 2.75) is 44.4 Å². The first-order valence-electron chi connectivity index (χ1n) is 5.47. The predicted molar refractivity (Wildman–Crippen MR) is 57.8 cm³/mol. The van der Waals surface area contributed by atoms with Crippen molar-refractivity contribution in [2.24, 2.45) is 5.92 Å². The SMILES string of the molecule is C[SiH2]C1(CC(C)CO)CCCCO1. The lowest BCUT2D eigenvalue weighted by atomic mass is 9.98. The number of aliphatic hydroxyl groups excluding tert-OH is 1. The van der Waals surface area contributed by atoms with Crippen LogP contribution < -0.4 is 0 Å². The molecule has 13 heavy (non-hydrogen) atoms. The first-order chi connectivity index (χ1) is 6.22. The third-order valence-electron chi connectivity index (χ3n) is 3.11. The van der Waals surface area contributed by atoms with Gasteiger partial charge in [-0.3, -0.25) is 0 Å². The van der Waals surface area contributed by atoms with Gasteiger partial charge in [-0.25, -0.2) is 0 Å². The zero-order chi connectivity index (χ0) is 9.73. The molecule has 1 aliphatic heterocycles. The lowest BCUT2D eigenvalue weighted by Gasteiger charge is -2.38. The standard InChI is InChI=1S/C10H22O2Si/c1-9(8-11)7-10(13-2)5-3-4-6-12-10/h9,11H,3-8,13H2,1-2H3. The van der Waals surface area contributed by atoms with Crippen molar-refractivity contribution in [1.29, 1.82) is 0 Å². The van der Waals surface area contributed by atoms with Gasteiger partial charge in [0.1, 0.15) is 0 Å². The highest BCUT2D eigenvalue weighted by Gasteiger charge is 2.32. The number of hydrogen-bond acceptors (Lipinski definition) is 2. The molecule has 1 rings (SSSR count). The molecule has 2 unspecified atom stereocenters. The summed E-state index contributed by atoms with van der Waals surface area (Å²) in [5.41, 5.74) is 0. The van der Waals surface area contributed by atoms with Gasteiger partial charge >= 0.3 is 0 Å². The Kier molecular flexibility index (Phi) is 4.42. The highest BCUT2D eigenvalue weighted by molar-refractivity contribution is 6.37. The van der Waals surface area contributed by atoms with E-state index >= 15 is 0 Å². The number of hydrogen-bond donors (Lipinski definition) is 1. The topological polar surface area (TPSA) is 29.5 Å². The molecule has 1 saturated heterocycles. The summed E-state index contributed by atoms with van der Waals surface area (Å²) < 4.78 is 5.94. The monoisotopic (exact) mass is 202 g/mol. The van der Waals surface area contributed by atoms with E-state index in [1.165, 1.54) is 19.3 Å². The molecule has 0 saturated carbocycles. The summed E-state index contributed by atoms with van der Waals surface area (Å²) in [6, 6.07) is 0. The van der Waals surface area contributed by atoms with E-state index in [1.54, 1.807) is 0 Å². The van der Waals surface area contributed by atoms with Gasteiger partial charge < -0.3 is 9.84 Å². The Labute approximate surface area is 83.5 Å². The zero-order valence-electron chi connectivity index (χ0n) is 8.88. The third-order valence-corrected chi connectivity index (χ3v) is 5.25. The lowest BCUT2D eigenvalue weighted by Crippen LogP contribution is -2.43. The zero-order valence-corrected chi connectivity index (χ0v) is 10.3. The number of rotatable bonds is 4. The van der Waals surface area contributed by atoms with E-state index in [0.29, 0.717) is 12.5 Å². The van der Waals surface area contributed by atoms with E-state index in [4.69, 9.17) is 9.84 Å². The molecule has 0 aromatic heterocycles. The van der Waals surface area contributed by atoms with Crippen molar-refractivity contribution in [3.63, 3.8) is 0 Å². The highest BCUT2D eigenvalue weighted by Crippen LogP contribution is 2.30. The Morgan fingerprint density at radius 3 is 2.77 bits per heavy atom. The largest absolute Gasteiger partial charge is 0.396 e. The second kappa shape index (κ2) is 5.13. The Morgan fingerprint density at radius 1 is 1.54 bits per heavy atom. The fourth-order valence-corrected chi connectivity index (χ4v) is 3.93. The van der Waals surface area contributed by atoms with E-state index in [1.807, 2.05) is 0 Å². The van der Waals surface area contributed by atoms with Crippen LogP contribution in [0.1, 0.15) is 32.6 Å². The fourth-order valence-electron chi connectivity index (χ4n) is 2.19. The van der Waals surface area contributed by atoms with Crippen LogP contribution in [0.2, 0.25) is 6.55 Å². The van der Waals surface area contributed by atoms with Crippen LogP contribution >= 0.6 is 0 Å². The van der Waals surface area contributed by atoms with E-state index in [-0.39, 0.29) is 14.7 Å². The van der Waals surface area contributed by atoms with Gasteiger partial charge in [-0.05, 0) is 31.6 Å².